The van der Waals surface area contributed by atoms with Gasteiger partial charge in [-0.1, -0.05) is 6.07 Å². The van der Waals surface area contributed by atoms with E-state index in [0.717, 1.165) is 44.1 Å². The molecule has 1 fully saturated rings. The zero-order valence-electron chi connectivity index (χ0n) is 11.8. The minimum atomic E-state index is -1.22. The highest BCUT2D eigenvalue weighted by atomic mass is 19.1. The smallest absolute Gasteiger partial charge is 0.338 e. The second kappa shape index (κ2) is 6.84. The zero-order chi connectivity index (χ0) is 14.5. The van der Waals surface area contributed by atoms with Crippen LogP contribution in [-0.2, 0) is 11.2 Å². The number of carbonyl (C=O) groups is 1. The average Bonchev–Trinajstić information content (AvgIpc) is 2.45. The van der Waals surface area contributed by atoms with Gasteiger partial charge < -0.3 is 9.84 Å². The second-order valence-electron chi connectivity index (χ2n) is 5.54. The number of carboxylic acids is 1. The topological polar surface area (TPSA) is 46.5 Å². The summed E-state index contributed by atoms with van der Waals surface area (Å²) in [7, 11) is 1.76. The van der Waals surface area contributed by atoms with Gasteiger partial charge in [0.25, 0.3) is 0 Å². The van der Waals surface area contributed by atoms with Crippen LogP contribution < -0.4 is 0 Å². The molecule has 0 heterocycles. The number of halogens is 1. The molecule has 0 aliphatic heterocycles. The Hall–Kier alpha value is -1.42. The molecular formula is C16H21FO3. The van der Waals surface area contributed by atoms with E-state index in [2.05, 4.69) is 0 Å². The van der Waals surface area contributed by atoms with Crippen molar-refractivity contribution in [2.45, 2.75) is 44.6 Å². The van der Waals surface area contributed by atoms with Crippen LogP contribution >= 0.6 is 0 Å². The maximum absolute atomic E-state index is 13.6. The summed E-state index contributed by atoms with van der Waals surface area (Å²) in [5.74, 6) is -1.19. The molecule has 2 rings (SSSR count). The first kappa shape index (κ1) is 15.0. The first-order valence-corrected chi connectivity index (χ1v) is 7.14. The number of rotatable bonds is 5. The Kier molecular flexibility index (Phi) is 5.12. The van der Waals surface area contributed by atoms with Crippen LogP contribution in [0.3, 0.4) is 0 Å². The molecule has 0 atom stereocenters. The van der Waals surface area contributed by atoms with Crippen LogP contribution in [0.15, 0.2) is 18.2 Å². The van der Waals surface area contributed by atoms with Gasteiger partial charge in [-0.2, -0.15) is 0 Å². The number of aromatic carboxylic acids is 1. The second-order valence-corrected chi connectivity index (χ2v) is 5.54. The SMILES string of the molecule is CO[C@H]1CC[C@H](CCc2ccc(C(=O)O)c(F)c2)CC1. The van der Waals surface area contributed by atoms with Crippen molar-refractivity contribution in [1.29, 1.82) is 0 Å². The maximum atomic E-state index is 13.6. The number of hydrogen-bond acceptors (Lipinski definition) is 2. The van der Waals surface area contributed by atoms with E-state index in [1.165, 1.54) is 12.1 Å². The summed E-state index contributed by atoms with van der Waals surface area (Å²) in [4.78, 5) is 10.7. The fourth-order valence-corrected chi connectivity index (χ4v) is 2.91. The van der Waals surface area contributed by atoms with Crippen molar-refractivity contribution in [1.82, 2.24) is 0 Å². The summed E-state index contributed by atoms with van der Waals surface area (Å²) in [5.41, 5.74) is 0.621. The summed E-state index contributed by atoms with van der Waals surface area (Å²) in [6.45, 7) is 0. The van der Waals surface area contributed by atoms with Crippen LogP contribution in [0.5, 0.6) is 0 Å². The van der Waals surface area contributed by atoms with E-state index in [-0.39, 0.29) is 5.56 Å². The highest BCUT2D eigenvalue weighted by Crippen LogP contribution is 2.29. The standard InChI is InChI=1S/C16H21FO3/c1-20-13-7-4-11(5-8-13)2-3-12-6-9-14(16(18)19)15(17)10-12/h6,9-11,13H,2-5,7-8H2,1H3,(H,18,19)/t11-,13-. The van der Waals surface area contributed by atoms with Crippen LogP contribution in [0.2, 0.25) is 0 Å². The molecule has 20 heavy (non-hydrogen) atoms. The number of aryl methyl sites for hydroxylation is 1. The molecular weight excluding hydrogens is 259 g/mol. The van der Waals surface area contributed by atoms with E-state index >= 15 is 0 Å². The molecule has 0 amide bonds. The van der Waals surface area contributed by atoms with Crippen LogP contribution in [0.25, 0.3) is 0 Å². The zero-order valence-corrected chi connectivity index (χ0v) is 11.8. The van der Waals surface area contributed by atoms with E-state index < -0.39 is 11.8 Å². The number of ether oxygens (including phenoxy) is 1. The largest absolute Gasteiger partial charge is 0.478 e. The van der Waals surface area contributed by atoms with Crippen molar-refractivity contribution in [2.24, 2.45) is 5.92 Å². The van der Waals surface area contributed by atoms with Gasteiger partial charge in [-0.15, -0.1) is 0 Å². The van der Waals surface area contributed by atoms with E-state index in [0.29, 0.717) is 12.0 Å². The molecule has 1 N–H and O–H groups in total. The van der Waals surface area contributed by atoms with Gasteiger partial charge in [0, 0.05) is 7.11 Å². The third-order valence-electron chi connectivity index (χ3n) is 4.23. The average molecular weight is 280 g/mol. The Labute approximate surface area is 118 Å². The number of methoxy groups -OCH3 is 1. The summed E-state index contributed by atoms with van der Waals surface area (Å²) in [5, 5.41) is 8.79. The van der Waals surface area contributed by atoms with Gasteiger partial charge >= 0.3 is 5.97 Å². The fraction of sp³-hybridized carbons (Fsp3) is 0.562. The molecule has 1 aromatic rings. The summed E-state index contributed by atoms with van der Waals surface area (Å²) in [6, 6.07) is 4.42. The lowest BCUT2D eigenvalue weighted by molar-refractivity contribution is 0.0556. The fourth-order valence-electron chi connectivity index (χ4n) is 2.91. The van der Waals surface area contributed by atoms with E-state index in [1.54, 1.807) is 13.2 Å². The summed E-state index contributed by atoms with van der Waals surface area (Å²) >= 11 is 0. The Morgan fingerprint density at radius 2 is 2.05 bits per heavy atom. The lowest BCUT2D eigenvalue weighted by atomic mass is 9.83. The molecule has 0 unspecified atom stereocenters. The Morgan fingerprint density at radius 3 is 2.60 bits per heavy atom. The third kappa shape index (κ3) is 3.79. The molecule has 4 heteroatoms. The van der Waals surface area contributed by atoms with E-state index in [1.807, 2.05) is 0 Å². The maximum Gasteiger partial charge on any atom is 0.338 e. The molecule has 1 aliphatic rings. The van der Waals surface area contributed by atoms with Gasteiger partial charge in [-0.25, -0.2) is 9.18 Å². The molecule has 0 aromatic heterocycles. The Morgan fingerprint density at radius 1 is 1.35 bits per heavy atom. The van der Waals surface area contributed by atoms with Crippen molar-refractivity contribution in [3.63, 3.8) is 0 Å². The van der Waals surface area contributed by atoms with Crippen molar-refractivity contribution in [2.75, 3.05) is 7.11 Å². The van der Waals surface area contributed by atoms with E-state index in [9.17, 15) is 9.18 Å². The minimum Gasteiger partial charge on any atom is -0.478 e. The quantitative estimate of drug-likeness (QED) is 0.895. The molecule has 1 saturated carbocycles. The van der Waals surface area contributed by atoms with Crippen LogP contribution in [-0.4, -0.2) is 24.3 Å². The number of carboxylic acid groups (broad SMARTS) is 1. The van der Waals surface area contributed by atoms with Crippen LogP contribution in [0.4, 0.5) is 4.39 Å². The van der Waals surface area contributed by atoms with Crippen molar-refractivity contribution >= 4 is 5.97 Å². The lowest BCUT2D eigenvalue weighted by Crippen LogP contribution is -2.20. The Bertz CT molecular complexity index is 465. The first-order chi connectivity index (χ1) is 9.60. The van der Waals surface area contributed by atoms with Crippen molar-refractivity contribution in [3.05, 3.63) is 35.1 Å². The molecule has 0 bridgehead atoms. The van der Waals surface area contributed by atoms with Gasteiger partial charge in [0.05, 0.1) is 11.7 Å². The predicted octanol–water partition coefficient (Wildman–Crippen LogP) is 3.66. The molecule has 1 aliphatic carbocycles. The summed E-state index contributed by atoms with van der Waals surface area (Å²) < 4.78 is 18.9. The molecule has 0 saturated heterocycles. The van der Waals surface area contributed by atoms with Crippen molar-refractivity contribution < 1.29 is 19.0 Å². The first-order valence-electron chi connectivity index (χ1n) is 7.14. The molecule has 0 radical (unpaired) electrons. The van der Waals surface area contributed by atoms with Crippen molar-refractivity contribution in [3.8, 4) is 0 Å². The highest BCUT2D eigenvalue weighted by Gasteiger charge is 2.20. The van der Waals surface area contributed by atoms with E-state index in [4.69, 9.17) is 9.84 Å². The number of hydrogen-bond donors (Lipinski definition) is 1. The number of benzene rings is 1. The van der Waals surface area contributed by atoms with Gasteiger partial charge in [0.15, 0.2) is 0 Å². The Balaban J connectivity index is 1.85. The monoisotopic (exact) mass is 280 g/mol. The predicted molar refractivity (Wildman–Crippen MR) is 74.4 cm³/mol. The molecule has 0 spiro atoms. The molecule has 3 nitrogen and oxygen atoms in total. The van der Waals surface area contributed by atoms with Gasteiger partial charge in [0.1, 0.15) is 5.82 Å². The van der Waals surface area contributed by atoms with Crippen LogP contribution in [0.1, 0.15) is 48.0 Å². The van der Waals surface area contributed by atoms with Gasteiger partial charge in [-0.05, 0) is 62.1 Å². The normalized spacial score (nSPS) is 22.7. The molecule has 110 valence electrons. The summed E-state index contributed by atoms with van der Waals surface area (Å²) in [6.07, 6.45) is 6.77. The lowest BCUT2D eigenvalue weighted by Gasteiger charge is -2.27. The van der Waals surface area contributed by atoms with Gasteiger partial charge in [-0.3, -0.25) is 0 Å². The van der Waals surface area contributed by atoms with Crippen LogP contribution in [0, 0.1) is 11.7 Å². The highest BCUT2D eigenvalue weighted by molar-refractivity contribution is 5.87. The third-order valence-corrected chi connectivity index (χ3v) is 4.23. The van der Waals surface area contributed by atoms with Gasteiger partial charge in [0.2, 0.25) is 0 Å². The minimum absolute atomic E-state index is 0.255. The molecule has 1 aromatic carbocycles.